The van der Waals surface area contributed by atoms with E-state index in [0.717, 1.165) is 31.9 Å². The lowest BCUT2D eigenvalue weighted by atomic mass is 10.00. The lowest BCUT2D eigenvalue weighted by Gasteiger charge is -2.28. The maximum absolute atomic E-state index is 4.24. The van der Waals surface area contributed by atoms with Crippen molar-refractivity contribution in [2.45, 2.75) is 32.9 Å². The van der Waals surface area contributed by atoms with Crippen LogP contribution in [0.3, 0.4) is 0 Å². The van der Waals surface area contributed by atoms with Gasteiger partial charge < -0.3 is 5.32 Å². The zero-order chi connectivity index (χ0) is 18.5. The Morgan fingerprint density at radius 1 is 1.07 bits per heavy atom. The van der Waals surface area contributed by atoms with E-state index in [1.807, 2.05) is 6.20 Å². The van der Waals surface area contributed by atoms with E-state index in [9.17, 15) is 0 Å². The van der Waals surface area contributed by atoms with E-state index in [0.29, 0.717) is 0 Å². The lowest BCUT2D eigenvalue weighted by Crippen LogP contribution is -2.32. The van der Waals surface area contributed by atoms with Gasteiger partial charge in [0.05, 0.1) is 11.9 Å². The van der Waals surface area contributed by atoms with Gasteiger partial charge in [0.2, 0.25) is 0 Å². The van der Waals surface area contributed by atoms with Crippen LogP contribution in [-0.2, 0) is 19.5 Å². The first-order chi connectivity index (χ1) is 13.3. The van der Waals surface area contributed by atoms with E-state index in [4.69, 9.17) is 0 Å². The third-order valence-corrected chi connectivity index (χ3v) is 5.41. The topological polar surface area (TPSA) is 44.0 Å². The van der Waals surface area contributed by atoms with Crippen LogP contribution in [-0.4, -0.2) is 34.7 Å². The van der Waals surface area contributed by atoms with Crippen LogP contribution in [0.15, 0.2) is 54.7 Å². The largest absolute Gasteiger partial charge is 0.312 e. The number of hydrogen-bond acceptors (Lipinski definition) is 3. The molecule has 0 saturated carbocycles. The normalized spacial score (nSPS) is 14.3. The van der Waals surface area contributed by atoms with Crippen molar-refractivity contribution in [1.82, 2.24) is 20.4 Å². The van der Waals surface area contributed by atoms with E-state index in [1.165, 1.54) is 47.2 Å². The molecular weight excluding hydrogens is 332 g/mol. The van der Waals surface area contributed by atoms with E-state index >= 15 is 0 Å². The number of aryl methyl sites for hydroxylation is 1. The van der Waals surface area contributed by atoms with E-state index in [2.05, 4.69) is 75.9 Å². The van der Waals surface area contributed by atoms with Gasteiger partial charge in [0.1, 0.15) is 0 Å². The first-order valence-electron chi connectivity index (χ1n) is 9.89. The number of rotatable bonds is 7. The summed E-state index contributed by atoms with van der Waals surface area (Å²) < 4.78 is 0. The van der Waals surface area contributed by atoms with Gasteiger partial charge in [-0.2, -0.15) is 5.10 Å². The molecule has 0 atom stereocenters. The smallest absolute Gasteiger partial charge is 0.0695 e. The molecule has 140 valence electrons. The number of nitrogens with one attached hydrogen (secondary N) is 2. The van der Waals surface area contributed by atoms with Crippen LogP contribution in [0.4, 0.5) is 0 Å². The molecule has 0 bridgehead atoms. The highest BCUT2D eigenvalue weighted by Gasteiger charge is 2.14. The summed E-state index contributed by atoms with van der Waals surface area (Å²) in [6.07, 6.45) is 4.28. The Kier molecular flexibility index (Phi) is 5.66. The minimum Gasteiger partial charge on any atom is -0.312 e. The van der Waals surface area contributed by atoms with Crippen molar-refractivity contribution in [3.63, 3.8) is 0 Å². The molecule has 4 rings (SSSR count). The third-order valence-electron chi connectivity index (χ3n) is 5.41. The third kappa shape index (κ3) is 4.46. The van der Waals surface area contributed by atoms with Crippen molar-refractivity contribution in [3.8, 4) is 11.3 Å². The van der Waals surface area contributed by atoms with Crippen molar-refractivity contribution in [3.05, 3.63) is 77.0 Å². The summed E-state index contributed by atoms with van der Waals surface area (Å²) in [7, 11) is 0. The van der Waals surface area contributed by atoms with Gasteiger partial charge in [0.15, 0.2) is 0 Å². The monoisotopic (exact) mass is 360 g/mol. The molecule has 0 saturated heterocycles. The van der Waals surface area contributed by atoms with Gasteiger partial charge in [-0.3, -0.25) is 10.00 Å². The predicted octanol–water partition coefficient (Wildman–Crippen LogP) is 3.92. The Labute approximate surface area is 161 Å². The van der Waals surface area contributed by atoms with Gasteiger partial charge in [-0.1, -0.05) is 54.1 Å². The number of hydrogen-bond donors (Lipinski definition) is 2. The molecule has 0 unspecified atom stereocenters. The molecule has 3 aromatic rings. The fourth-order valence-corrected chi connectivity index (χ4v) is 3.81. The molecule has 0 aliphatic carbocycles. The van der Waals surface area contributed by atoms with Crippen molar-refractivity contribution in [2.24, 2.45) is 0 Å². The van der Waals surface area contributed by atoms with E-state index in [1.54, 1.807) is 0 Å². The summed E-state index contributed by atoms with van der Waals surface area (Å²) in [5, 5.41) is 11.0. The highest BCUT2D eigenvalue weighted by Crippen LogP contribution is 2.21. The molecule has 4 heteroatoms. The average Bonchev–Trinajstić information content (AvgIpc) is 3.17. The number of nitrogens with zero attached hydrogens (tertiary/aromatic N) is 2. The standard InChI is InChI=1S/C23H28N4/c1-18-7-9-20(10-8-18)23-22(16-25-26-23)15-24-12-4-13-27-14-11-19-5-2-3-6-21(19)17-27/h2-3,5-10,16,24H,4,11-15,17H2,1H3,(H,25,26). The fraction of sp³-hybridized carbons (Fsp3) is 0.348. The van der Waals surface area contributed by atoms with Crippen molar-refractivity contribution < 1.29 is 0 Å². The molecule has 4 nitrogen and oxygen atoms in total. The van der Waals surface area contributed by atoms with Crippen molar-refractivity contribution >= 4 is 0 Å². The zero-order valence-corrected chi connectivity index (χ0v) is 16.0. The number of H-pyrrole nitrogens is 1. The van der Waals surface area contributed by atoms with E-state index < -0.39 is 0 Å². The summed E-state index contributed by atoms with van der Waals surface area (Å²) in [6, 6.07) is 17.4. The molecule has 0 spiro atoms. The second-order valence-corrected chi connectivity index (χ2v) is 7.46. The van der Waals surface area contributed by atoms with Crippen LogP contribution < -0.4 is 5.32 Å². The van der Waals surface area contributed by atoms with Crippen LogP contribution in [0.25, 0.3) is 11.3 Å². The van der Waals surface area contributed by atoms with Crippen LogP contribution in [0.1, 0.15) is 28.7 Å². The molecule has 0 radical (unpaired) electrons. The minimum absolute atomic E-state index is 0.850. The SMILES string of the molecule is Cc1ccc(-c2[nH]ncc2CNCCCN2CCc3ccccc3C2)cc1. The molecule has 27 heavy (non-hydrogen) atoms. The molecule has 1 aliphatic rings. The van der Waals surface area contributed by atoms with Gasteiger partial charge in [0, 0.05) is 25.2 Å². The van der Waals surface area contributed by atoms with Gasteiger partial charge in [-0.05, 0) is 49.5 Å². The number of benzene rings is 2. The number of fused-ring (bicyclic) bond motifs is 1. The summed E-state index contributed by atoms with van der Waals surface area (Å²) >= 11 is 0. The van der Waals surface area contributed by atoms with Gasteiger partial charge in [-0.15, -0.1) is 0 Å². The Morgan fingerprint density at radius 3 is 2.74 bits per heavy atom. The quantitative estimate of drug-likeness (QED) is 0.628. The van der Waals surface area contributed by atoms with Gasteiger partial charge in [0.25, 0.3) is 0 Å². The Bertz CT molecular complexity index is 866. The van der Waals surface area contributed by atoms with Crippen molar-refractivity contribution in [1.29, 1.82) is 0 Å². The maximum atomic E-state index is 4.24. The Hall–Kier alpha value is -2.43. The second kappa shape index (κ2) is 8.51. The van der Waals surface area contributed by atoms with Crippen LogP contribution >= 0.6 is 0 Å². The molecule has 0 amide bonds. The van der Waals surface area contributed by atoms with Crippen LogP contribution in [0.2, 0.25) is 0 Å². The highest BCUT2D eigenvalue weighted by molar-refractivity contribution is 5.62. The number of aromatic nitrogens is 2. The fourth-order valence-electron chi connectivity index (χ4n) is 3.81. The number of aromatic amines is 1. The maximum Gasteiger partial charge on any atom is 0.0695 e. The summed E-state index contributed by atoms with van der Waals surface area (Å²) in [5.74, 6) is 0. The molecular formula is C23H28N4. The van der Waals surface area contributed by atoms with E-state index in [-0.39, 0.29) is 0 Å². The Balaban J connectivity index is 1.22. The molecule has 2 N–H and O–H groups in total. The minimum atomic E-state index is 0.850. The first-order valence-corrected chi connectivity index (χ1v) is 9.89. The summed E-state index contributed by atoms with van der Waals surface area (Å²) in [5.41, 5.74) is 7.84. The first kappa shape index (κ1) is 18.0. The molecule has 2 aromatic carbocycles. The van der Waals surface area contributed by atoms with Crippen LogP contribution in [0, 0.1) is 6.92 Å². The predicted molar refractivity (Wildman–Crippen MR) is 111 cm³/mol. The molecule has 1 aromatic heterocycles. The highest BCUT2D eigenvalue weighted by atomic mass is 15.1. The average molecular weight is 361 g/mol. The summed E-state index contributed by atoms with van der Waals surface area (Å²) in [6.45, 7) is 7.41. The molecule has 1 aliphatic heterocycles. The van der Waals surface area contributed by atoms with Gasteiger partial charge in [-0.25, -0.2) is 0 Å². The van der Waals surface area contributed by atoms with Crippen LogP contribution in [0.5, 0.6) is 0 Å². The van der Waals surface area contributed by atoms with Gasteiger partial charge >= 0.3 is 0 Å². The zero-order valence-electron chi connectivity index (χ0n) is 16.0. The lowest BCUT2D eigenvalue weighted by molar-refractivity contribution is 0.250. The molecule has 0 fully saturated rings. The molecule has 2 heterocycles. The summed E-state index contributed by atoms with van der Waals surface area (Å²) in [4.78, 5) is 2.57. The second-order valence-electron chi connectivity index (χ2n) is 7.46. The van der Waals surface area contributed by atoms with Crippen molar-refractivity contribution in [2.75, 3.05) is 19.6 Å². The Morgan fingerprint density at radius 2 is 1.89 bits per heavy atom.